The van der Waals surface area contributed by atoms with E-state index in [1.807, 2.05) is 0 Å². The normalized spacial score (nSPS) is 17.8. The van der Waals surface area contributed by atoms with E-state index < -0.39 is 10.0 Å². The van der Waals surface area contributed by atoms with Crippen molar-refractivity contribution in [2.75, 3.05) is 44.7 Å². The predicted molar refractivity (Wildman–Crippen MR) is 135 cm³/mol. The van der Waals surface area contributed by atoms with Crippen LogP contribution in [0, 0.1) is 5.92 Å². The van der Waals surface area contributed by atoms with Gasteiger partial charge < -0.3 is 15.0 Å². The fourth-order valence-corrected chi connectivity index (χ4v) is 6.42. The summed E-state index contributed by atoms with van der Waals surface area (Å²) >= 11 is 12.0. The zero-order chi connectivity index (χ0) is 25.0. The molecule has 0 spiro atoms. The molecule has 188 valence electrons. The Balaban J connectivity index is 1.36. The number of sulfonamides is 1. The third kappa shape index (κ3) is 6.34. The van der Waals surface area contributed by atoms with Crippen LogP contribution in [0.15, 0.2) is 42.5 Å². The van der Waals surface area contributed by atoms with E-state index in [9.17, 15) is 18.0 Å². The predicted octanol–water partition coefficient (Wildman–Crippen LogP) is 3.65. The smallest absolute Gasteiger partial charge is 0.256 e. The van der Waals surface area contributed by atoms with Crippen molar-refractivity contribution in [3.05, 3.63) is 63.6 Å². The van der Waals surface area contributed by atoms with Crippen molar-refractivity contribution in [1.82, 2.24) is 9.21 Å². The summed E-state index contributed by atoms with van der Waals surface area (Å²) in [4.78, 5) is 27.7. The molecule has 35 heavy (non-hydrogen) atoms. The molecule has 2 amide bonds. The van der Waals surface area contributed by atoms with Crippen LogP contribution in [-0.2, 0) is 25.3 Å². The van der Waals surface area contributed by atoms with E-state index in [0.29, 0.717) is 66.0 Å². The van der Waals surface area contributed by atoms with Gasteiger partial charge in [0.1, 0.15) is 0 Å². The van der Waals surface area contributed by atoms with Gasteiger partial charge in [0.2, 0.25) is 15.9 Å². The number of rotatable bonds is 6. The number of nitrogens with zero attached hydrogens (tertiary/aromatic N) is 2. The average molecular weight is 540 g/mol. The lowest BCUT2D eigenvalue weighted by Gasteiger charge is -2.31. The molecule has 2 aromatic rings. The topological polar surface area (TPSA) is 96.0 Å². The number of carbonyl (C=O) groups excluding carboxylic acids is 2. The van der Waals surface area contributed by atoms with Crippen LogP contribution in [0.4, 0.5) is 5.69 Å². The Morgan fingerprint density at radius 1 is 1.00 bits per heavy atom. The highest BCUT2D eigenvalue weighted by atomic mass is 35.5. The quantitative estimate of drug-likeness (QED) is 0.604. The van der Waals surface area contributed by atoms with Gasteiger partial charge in [0.25, 0.3) is 5.91 Å². The highest BCUT2D eigenvalue weighted by molar-refractivity contribution is 7.88. The SMILES string of the molecule is O=C(Nc1ccccc1C(=O)N1CCOCC1)C1CCN(S(=O)(=O)Cc2ccc(Cl)cc2Cl)CC1. The van der Waals surface area contributed by atoms with Crippen molar-refractivity contribution >= 4 is 50.7 Å². The zero-order valence-corrected chi connectivity index (χ0v) is 21.4. The highest BCUT2D eigenvalue weighted by Gasteiger charge is 2.32. The number of para-hydroxylation sites is 1. The molecule has 2 aromatic carbocycles. The molecule has 0 radical (unpaired) electrons. The number of morpholine rings is 1. The number of piperidine rings is 1. The van der Waals surface area contributed by atoms with Crippen LogP contribution in [0.5, 0.6) is 0 Å². The molecule has 0 aromatic heterocycles. The third-order valence-corrected chi connectivity index (χ3v) is 8.70. The number of carbonyl (C=O) groups is 2. The molecule has 0 unspecified atom stereocenters. The van der Waals surface area contributed by atoms with Gasteiger partial charge in [0.05, 0.1) is 30.2 Å². The van der Waals surface area contributed by atoms with Gasteiger partial charge in [0, 0.05) is 42.1 Å². The molecule has 2 aliphatic heterocycles. The maximum atomic E-state index is 13.0. The number of halogens is 2. The van der Waals surface area contributed by atoms with Gasteiger partial charge in [-0.05, 0) is 42.7 Å². The van der Waals surface area contributed by atoms with Gasteiger partial charge in [-0.2, -0.15) is 0 Å². The summed E-state index contributed by atoms with van der Waals surface area (Å²) in [5.41, 5.74) is 1.38. The van der Waals surface area contributed by atoms with E-state index in [1.165, 1.54) is 10.4 Å². The second-order valence-electron chi connectivity index (χ2n) is 8.60. The second-order valence-corrected chi connectivity index (χ2v) is 11.4. The first-order valence-electron chi connectivity index (χ1n) is 11.4. The fraction of sp³-hybridized carbons (Fsp3) is 0.417. The van der Waals surface area contributed by atoms with Crippen LogP contribution in [0.2, 0.25) is 10.0 Å². The Hall–Kier alpha value is -2.17. The van der Waals surface area contributed by atoms with Crippen LogP contribution in [-0.4, -0.2) is 68.8 Å². The molecule has 0 bridgehead atoms. The summed E-state index contributed by atoms with van der Waals surface area (Å²) in [6.45, 7) is 2.47. The summed E-state index contributed by atoms with van der Waals surface area (Å²) in [5.74, 6) is -0.945. The lowest BCUT2D eigenvalue weighted by Crippen LogP contribution is -2.42. The van der Waals surface area contributed by atoms with Crippen LogP contribution >= 0.6 is 23.2 Å². The number of hydrogen-bond acceptors (Lipinski definition) is 5. The average Bonchev–Trinajstić information content (AvgIpc) is 2.86. The fourth-order valence-electron chi connectivity index (χ4n) is 4.27. The van der Waals surface area contributed by atoms with Crippen molar-refractivity contribution in [2.45, 2.75) is 18.6 Å². The van der Waals surface area contributed by atoms with Gasteiger partial charge in [-0.15, -0.1) is 0 Å². The minimum absolute atomic E-state index is 0.147. The second kappa shape index (κ2) is 11.3. The zero-order valence-electron chi connectivity index (χ0n) is 19.1. The van der Waals surface area contributed by atoms with Crippen LogP contribution in [0.1, 0.15) is 28.8 Å². The van der Waals surface area contributed by atoms with Crippen molar-refractivity contribution in [3.8, 4) is 0 Å². The third-order valence-electron chi connectivity index (χ3n) is 6.28. The first kappa shape index (κ1) is 25.9. The van der Waals surface area contributed by atoms with Crippen LogP contribution in [0.3, 0.4) is 0 Å². The van der Waals surface area contributed by atoms with Crippen LogP contribution in [0.25, 0.3) is 0 Å². The first-order chi connectivity index (χ1) is 16.7. The molecular weight excluding hydrogens is 513 g/mol. The molecule has 1 N–H and O–H groups in total. The number of ether oxygens (including phenoxy) is 1. The summed E-state index contributed by atoms with van der Waals surface area (Å²) in [6, 6.07) is 11.7. The maximum absolute atomic E-state index is 13.0. The molecule has 4 rings (SSSR count). The molecule has 8 nitrogen and oxygen atoms in total. The van der Waals surface area contributed by atoms with Gasteiger partial charge in [-0.3, -0.25) is 9.59 Å². The van der Waals surface area contributed by atoms with Crippen molar-refractivity contribution in [1.29, 1.82) is 0 Å². The van der Waals surface area contributed by atoms with Crippen molar-refractivity contribution < 1.29 is 22.7 Å². The van der Waals surface area contributed by atoms with Crippen molar-refractivity contribution in [2.24, 2.45) is 5.92 Å². The minimum atomic E-state index is -3.60. The highest BCUT2D eigenvalue weighted by Crippen LogP contribution is 2.27. The molecule has 0 saturated carbocycles. The van der Waals surface area contributed by atoms with Gasteiger partial charge in [0.15, 0.2) is 0 Å². The van der Waals surface area contributed by atoms with Gasteiger partial charge in [-0.25, -0.2) is 12.7 Å². The number of nitrogens with one attached hydrogen (secondary N) is 1. The molecule has 2 heterocycles. The molecular formula is C24H27Cl2N3O5S. The molecule has 0 atom stereocenters. The van der Waals surface area contributed by atoms with E-state index in [1.54, 1.807) is 41.3 Å². The Morgan fingerprint density at radius 2 is 1.69 bits per heavy atom. The Morgan fingerprint density at radius 3 is 2.37 bits per heavy atom. The van der Waals surface area contributed by atoms with E-state index in [2.05, 4.69) is 5.32 Å². The lowest BCUT2D eigenvalue weighted by molar-refractivity contribution is -0.120. The van der Waals surface area contributed by atoms with Gasteiger partial charge in [-0.1, -0.05) is 41.4 Å². The number of anilines is 1. The Labute approximate surface area is 215 Å². The Kier molecular flexibility index (Phi) is 8.34. The summed E-state index contributed by atoms with van der Waals surface area (Å²) in [6.07, 6.45) is 0.776. The largest absolute Gasteiger partial charge is 0.378 e. The monoisotopic (exact) mass is 539 g/mol. The molecule has 2 saturated heterocycles. The summed E-state index contributed by atoms with van der Waals surface area (Å²) in [5, 5.41) is 3.64. The maximum Gasteiger partial charge on any atom is 0.256 e. The minimum Gasteiger partial charge on any atom is -0.378 e. The standard InChI is InChI=1S/C24H27Cl2N3O5S/c25-19-6-5-18(21(26)15-19)16-35(32,33)29-9-7-17(8-10-29)23(30)27-22-4-2-1-3-20(22)24(31)28-11-13-34-14-12-28/h1-6,15,17H,7-14,16H2,(H,27,30). The molecule has 2 fully saturated rings. The lowest BCUT2D eigenvalue weighted by atomic mass is 9.97. The summed E-state index contributed by atoms with van der Waals surface area (Å²) in [7, 11) is -3.60. The number of benzene rings is 2. The van der Waals surface area contributed by atoms with E-state index in [-0.39, 0.29) is 36.6 Å². The summed E-state index contributed by atoms with van der Waals surface area (Å²) < 4.78 is 32.5. The van der Waals surface area contributed by atoms with Crippen molar-refractivity contribution in [3.63, 3.8) is 0 Å². The van der Waals surface area contributed by atoms with Gasteiger partial charge >= 0.3 is 0 Å². The Bertz CT molecular complexity index is 1190. The number of hydrogen-bond donors (Lipinski definition) is 1. The van der Waals surface area contributed by atoms with E-state index >= 15 is 0 Å². The van der Waals surface area contributed by atoms with E-state index in [0.717, 1.165) is 0 Å². The first-order valence-corrected chi connectivity index (χ1v) is 13.8. The molecule has 0 aliphatic carbocycles. The van der Waals surface area contributed by atoms with Crippen LogP contribution < -0.4 is 5.32 Å². The van der Waals surface area contributed by atoms with E-state index in [4.69, 9.17) is 27.9 Å². The number of amides is 2. The molecule has 11 heteroatoms. The molecule has 2 aliphatic rings.